The molecule has 3 aliphatic rings. The average molecular weight is 638 g/mol. The number of aromatic nitrogens is 4. The van der Waals surface area contributed by atoms with Crippen molar-refractivity contribution in [3.8, 4) is 0 Å². The topological polar surface area (TPSA) is 340 Å². The first-order valence-electron chi connectivity index (χ1n) is 11.1. The number of nitrogens with two attached hydrogens (primary N) is 1. The van der Waals surface area contributed by atoms with Crippen LogP contribution >= 0.6 is 15.6 Å². The number of rotatable bonds is 9. The van der Waals surface area contributed by atoms with Crippen LogP contribution in [0, 0.1) is 30.3 Å². The summed E-state index contributed by atoms with van der Waals surface area (Å²) in [5.41, 5.74) is 3.67. The Balaban J connectivity index is 1.58. The van der Waals surface area contributed by atoms with Gasteiger partial charge in [-0.25, -0.2) is 24.1 Å². The van der Waals surface area contributed by atoms with Crippen LogP contribution in [0.3, 0.4) is 0 Å². The second-order valence-electron chi connectivity index (χ2n) is 8.68. The van der Waals surface area contributed by atoms with E-state index in [2.05, 4.69) is 23.8 Å². The molecule has 0 amide bonds. The molecular weight excluding hydrogens is 622 g/mol. The lowest BCUT2D eigenvalue weighted by Gasteiger charge is -2.30. The Labute approximate surface area is 229 Å². The number of anilines is 1. The van der Waals surface area contributed by atoms with Crippen LogP contribution in [-0.4, -0.2) is 85.7 Å². The third-order valence-corrected chi connectivity index (χ3v) is 8.33. The van der Waals surface area contributed by atoms with Gasteiger partial charge in [-0.2, -0.15) is 4.31 Å². The maximum Gasteiger partial charge on any atom is 0.481 e. The molecule has 1 aliphatic carbocycles. The average Bonchev–Trinajstić information content (AvgIpc) is 3.54. The van der Waals surface area contributed by atoms with Gasteiger partial charge in [0.2, 0.25) is 0 Å². The zero-order valence-corrected chi connectivity index (χ0v) is 21.9. The van der Waals surface area contributed by atoms with Crippen molar-refractivity contribution in [2.45, 2.75) is 36.4 Å². The normalized spacial score (nSPS) is 30.5. The summed E-state index contributed by atoms with van der Waals surface area (Å²) < 4.78 is 50.0. The first-order chi connectivity index (χ1) is 19.5. The Morgan fingerprint density at radius 2 is 1.76 bits per heavy atom. The van der Waals surface area contributed by atoms with E-state index >= 15 is 0 Å². The predicted octanol–water partition coefficient (Wildman–Crippen LogP) is -1.01. The van der Waals surface area contributed by atoms with Crippen LogP contribution in [0.5, 0.6) is 0 Å². The maximum atomic E-state index is 12.1. The standard InChI is InChI=1S/C16H16N8O16P2/c17-13-10-14(19-4-18-13)21(5-20-10)15-12-11(7(37-15)3-36-42(34,35)40-41(31,32)33)38-16(39-12)8(23(27)28)1-6(22(25)26)2-9(16)24(29)30/h1-2,4-5,7-8,11-12,15H,3H2,(H,34,35)(H2,17,18,19)(H2,31,32,33). The molecule has 7 atom stereocenters. The summed E-state index contributed by atoms with van der Waals surface area (Å²) in [6.45, 7) is -1.05. The Bertz CT molecular complexity index is 1660. The molecule has 1 spiro atoms. The smallest absolute Gasteiger partial charge is 0.382 e. The van der Waals surface area contributed by atoms with E-state index in [-0.39, 0.29) is 17.0 Å². The van der Waals surface area contributed by atoms with E-state index in [1.165, 1.54) is 4.57 Å². The monoisotopic (exact) mass is 638 g/mol. The van der Waals surface area contributed by atoms with Crippen LogP contribution in [0.4, 0.5) is 5.82 Å². The Morgan fingerprint density at radius 1 is 1.07 bits per heavy atom. The number of nitro groups is 3. The van der Waals surface area contributed by atoms with Gasteiger partial charge in [0.05, 0.1) is 34.9 Å². The Morgan fingerprint density at radius 3 is 2.38 bits per heavy atom. The van der Waals surface area contributed by atoms with E-state index in [4.69, 9.17) is 29.7 Å². The summed E-state index contributed by atoms with van der Waals surface area (Å²) in [7, 11) is -11.0. The molecule has 2 aliphatic heterocycles. The highest BCUT2D eigenvalue weighted by Gasteiger charge is 2.72. The van der Waals surface area contributed by atoms with E-state index in [9.17, 15) is 44.4 Å². The zero-order valence-electron chi connectivity index (χ0n) is 20.2. The molecule has 0 bridgehead atoms. The molecule has 0 aromatic carbocycles. The fraction of sp³-hybridized carbons (Fsp3) is 0.438. The van der Waals surface area contributed by atoms with Gasteiger partial charge in [-0.05, 0) is 0 Å². The SMILES string of the molecule is Nc1ncnc2c1ncn2C1OC(COP(=O)(O)OP(=O)(O)O)C2OC3(OC21)C([N+](=O)[O-])=CC([N+](=O)[O-])=CC3[N+](=O)[O-]. The van der Waals surface area contributed by atoms with Crippen molar-refractivity contribution in [2.24, 2.45) is 0 Å². The number of allylic oxidation sites excluding steroid dienone is 1. The van der Waals surface area contributed by atoms with Crippen LogP contribution in [-0.2, 0) is 32.2 Å². The van der Waals surface area contributed by atoms with Crippen LogP contribution in [0.25, 0.3) is 11.2 Å². The maximum absolute atomic E-state index is 12.1. The van der Waals surface area contributed by atoms with Gasteiger partial charge in [-0.1, -0.05) is 0 Å². The Kier molecular flexibility index (Phi) is 7.18. The second kappa shape index (κ2) is 10.2. The molecule has 2 aromatic rings. The lowest BCUT2D eigenvalue weighted by molar-refractivity contribution is -0.569. The van der Waals surface area contributed by atoms with Crippen molar-refractivity contribution in [1.82, 2.24) is 19.5 Å². The minimum atomic E-state index is -5.53. The highest BCUT2D eigenvalue weighted by Crippen LogP contribution is 2.58. The Hall–Kier alpha value is -3.83. The third kappa shape index (κ3) is 5.15. The lowest BCUT2D eigenvalue weighted by atomic mass is 9.96. The molecule has 226 valence electrons. The molecule has 0 saturated carbocycles. The minimum absolute atomic E-state index is 0.0186. The quantitative estimate of drug-likeness (QED) is 0.145. The molecule has 2 aromatic heterocycles. The first kappa shape index (κ1) is 29.7. The number of hydrogen-bond acceptors (Lipinski definition) is 17. The number of ether oxygens (including phenoxy) is 3. The van der Waals surface area contributed by atoms with Crippen LogP contribution in [0.15, 0.2) is 36.2 Å². The van der Waals surface area contributed by atoms with E-state index in [0.29, 0.717) is 12.2 Å². The molecular formula is C16H16N8O16P2. The lowest BCUT2D eigenvalue weighted by Crippen LogP contribution is -2.53. The van der Waals surface area contributed by atoms with Gasteiger partial charge in [0.15, 0.2) is 17.7 Å². The molecule has 2 saturated heterocycles. The molecule has 4 heterocycles. The molecule has 2 fully saturated rings. The molecule has 5 N–H and O–H groups in total. The van der Waals surface area contributed by atoms with E-state index < -0.39 is 84.8 Å². The van der Waals surface area contributed by atoms with Gasteiger partial charge in [0.1, 0.15) is 30.2 Å². The highest BCUT2D eigenvalue weighted by molar-refractivity contribution is 7.60. The van der Waals surface area contributed by atoms with Crippen molar-refractivity contribution >= 4 is 32.6 Å². The van der Waals surface area contributed by atoms with Crippen LogP contribution < -0.4 is 5.73 Å². The first-order valence-corrected chi connectivity index (χ1v) is 14.1. The van der Waals surface area contributed by atoms with Gasteiger partial charge < -0.3 is 34.6 Å². The fourth-order valence-corrected chi connectivity index (χ4v) is 6.21. The largest absolute Gasteiger partial charge is 0.481 e. The molecule has 24 nitrogen and oxygen atoms in total. The predicted molar refractivity (Wildman–Crippen MR) is 126 cm³/mol. The number of imidazole rings is 1. The van der Waals surface area contributed by atoms with Crippen molar-refractivity contribution in [2.75, 3.05) is 12.3 Å². The van der Waals surface area contributed by atoms with Crippen LogP contribution in [0.1, 0.15) is 6.23 Å². The summed E-state index contributed by atoms with van der Waals surface area (Å²) in [6.07, 6.45) is -3.15. The fourth-order valence-electron chi connectivity index (χ4n) is 4.61. The molecule has 7 unspecified atom stereocenters. The van der Waals surface area contributed by atoms with Crippen molar-refractivity contribution in [3.63, 3.8) is 0 Å². The van der Waals surface area contributed by atoms with E-state index in [1.54, 1.807) is 0 Å². The van der Waals surface area contributed by atoms with Crippen molar-refractivity contribution < 1.29 is 61.6 Å². The molecule has 5 rings (SSSR count). The summed E-state index contributed by atoms with van der Waals surface area (Å²) >= 11 is 0. The van der Waals surface area contributed by atoms with Crippen molar-refractivity contribution in [1.29, 1.82) is 0 Å². The van der Waals surface area contributed by atoms with Crippen LogP contribution in [0.2, 0.25) is 0 Å². The van der Waals surface area contributed by atoms with Crippen molar-refractivity contribution in [3.05, 3.63) is 66.5 Å². The molecule has 0 radical (unpaired) electrons. The number of nitrogens with zero attached hydrogens (tertiary/aromatic N) is 7. The van der Waals surface area contributed by atoms with E-state index in [0.717, 1.165) is 12.7 Å². The van der Waals surface area contributed by atoms with Gasteiger partial charge >= 0.3 is 33.2 Å². The minimum Gasteiger partial charge on any atom is -0.382 e. The summed E-state index contributed by atoms with van der Waals surface area (Å²) in [5.74, 6) is -2.96. The molecule has 42 heavy (non-hydrogen) atoms. The summed E-state index contributed by atoms with van der Waals surface area (Å²) in [4.78, 5) is 71.3. The second-order valence-corrected chi connectivity index (χ2v) is 11.5. The van der Waals surface area contributed by atoms with Gasteiger partial charge in [0.25, 0.3) is 5.70 Å². The van der Waals surface area contributed by atoms with E-state index in [1.807, 2.05) is 0 Å². The number of phosphoric acid groups is 2. The molecule has 26 heteroatoms. The third-order valence-electron chi connectivity index (χ3n) is 6.17. The summed E-state index contributed by atoms with van der Waals surface area (Å²) in [5, 5.41) is 35.4. The number of fused-ring (bicyclic) bond motifs is 2. The number of phosphoric ester groups is 1. The van der Waals surface area contributed by atoms with Gasteiger partial charge in [-0.15, -0.1) is 0 Å². The number of hydrogen-bond donors (Lipinski definition) is 4. The zero-order chi connectivity index (χ0) is 30.8. The van der Waals surface area contributed by atoms with Gasteiger partial charge in [0, 0.05) is 4.92 Å². The van der Waals surface area contributed by atoms with Gasteiger partial charge in [-0.3, -0.25) is 39.4 Å². The summed E-state index contributed by atoms with van der Waals surface area (Å²) in [6, 6.07) is -2.35. The highest BCUT2D eigenvalue weighted by atomic mass is 31.3. The number of nitrogen functional groups attached to an aromatic ring is 1.